The lowest BCUT2D eigenvalue weighted by Gasteiger charge is -2.03. The number of nitriles is 1. The monoisotopic (exact) mass is 121 g/mol. The van der Waals surface area contributed by atoms with Gasteiger partial charge < -0.3 is 0 Å². The number of rotatable bonds is 1. The number of hydrogen-bond acceptors (Lipinski definition) is 1. The second-order valence-corrected chi connectivity index (χ2v) is 3.36. The molecule has 0 bridgehead atoms. The first-order chi connectivity index (χ1) is 4.42. The summed E-state index contributed by atoms with van der Waals surface area (Å²) in [7, 11) is 0. The van der Waals surface area contributed by atoms with Crippen molar-refractivity contribution in [1.82, 2.24) is 0 Å². The van der Waals surface area contributed by atoms with Crippen molar-refractivity contribution >= 4 is 0 Å². The molecule has 2 fully saturated rings. The standard InChI is InChI=1S/C8H11N/c9-4-3-6-1-2-7-5-8(6)7/h6-8H,1-3,5H2. The van der Waals surface area contributed by atoms with E-state index in [9.17, 15) is 0 Å². The molecule has 48 valence electrons. The van der Waals surface area contributed by atoms with E-state index in [1.807, 2.05) is 0 Å². The third-order valence-corrected chi connectivity index (χ3v) is 2.84. The van der Waals surface area contributed by atoms with Crippen LogP contribution in [0.25, 0.3) is 0 Å². The Kier molecular flexibility index (Phi) is 1.02. The highest BCUT2D eigenvalue weighted by atomic mass is 14.5. The summed E-state index contributed by atoms with van der Waals surface area (Å²) >= 11 is 0. The minimum Gasteiger partial charge on any atom is -0.198 e. The fraction of sp³-hybridized carbons (Fsp3) is 0.875. The average molecular weight is 121 g/mol. The molecule has 0 radical (unpaired) electrons. The molecule has 0 spiro atoms. The molecule has 0 saturated heterocycles. The number of hydrogen-bond donors (Lipinski definition) is 0. The molecule has 0 aromatic carbocycles. The summed E-state index contributed by atoms with van der Waals surface area (Å²) in [5, 5.41) is 8.41. The Bertz CT molecular complexity index is 156. The predicted octanol–water partition coefficient (Wildman–Crippen LogP) is 1.95. The van der Waals surface area contributed by atoms with E-state index in [2.05, 4.69) is 6.07 Å². The van der Waals surface area contributed by atoms with Crippen LogP contribution < -0.4 is 0 Å². The smallest absolute Gasteiger partial charge is 0.0624 e. The molecule has 0 aliphatic heterocycles. The SMILES string of the molecule is N#CCC1CCC2CC12. The van der Waals surface area contributed by atoms with Crippen LogP contribution >= 0.6 is 0 Å². The molecule has 2 aliphatic rings. The van der Waals surface area contributed by atoms with Gasteiger partial charge in [0.1, 0.15) is 0 Å². The van der Waals surface area contributed by atoms with Gasteiger partial charge in [-0.05, 0) is 37.0 Å². The van der Waals surface area contributed by atoms with Crippen LogP contribution in [0.5, 0.6) is 0 Å². The van der Waals surface area contributed by atoms with Crippen LogP contribution in [-0.4, -0.2) is 0 Å². The van der Waals surface area contributed by atoms with Crippen LogP contribution in [0, 0.1) is 29.1 Å². The van der Waals surface area contributed by atoms with E-state index in [1.165, 1.54) is 19.3 Å². The second-order valence-electron chi connectivity index (χ2n) is 3.36. The molecule has 3 unspecified atom stereocenters. The van der Waals surface area contributed by atoms with Crippen LogP contribution in [0.1, 0.15) is 25.7 Å². The maximum Gasteiger partial charge on any atom is 0.0624 e. The van der Waals surface area contributed by atoms with Crippen molar-refractivity contribution in [1.29, 1.82) is 5.26 Å². The number of nitrogens with zero attached hydrogens (tertiary/aromatic N) is 1. The minimum absolute atomic E-state index is 0.792. The first-order valence-electron chi connectivity index (χ1n) is 3.79. The van der Waals surface area contributed by atoms with E-state index in [0.717, 1.165) is 24.2 Å². The van der Waals surface area contributed by atoms with E-state index >= 15 is 0 Å². The van der Waals surface area contributed by atoms with Gasteiger partial charge in [0.2, 0.25) is 0 Å². The van der Waals surface area contributed by atoms with Gasteiger partial charge in [-0.15, -0.1) is 0 Å². The lowest BCUT2D eigenvalue weighted by atomic mass is 10.0. The van der Waals surface area contributed by atoms with Gasteiger partial charge in [-0.2, -0.15) is 5.26 Å². The molecule has 3 atom stereocenters. The molecule has 2 saturated carbocycles. The summed E-state index contributed by atoms with van der Waals surface area (Å²) in [4.78, 5) is 0. The van der Waals surface area contributed by atoms with Gasteiger partial charge in [-0.1, -0.05) is 0 Å². The fourth-order valence-electron chi connectivity index (χ4n) is 2.19. The van der Waals surface area contributed by atoms with Gasteiger partial charge in [-0.25, -0.2) is 0 Å². The van der Waals surface area contributed by atoms with E-state index < -0.39 is 0 Å². The van der Waals surface area contributed by atoms with Gasteiger partial charge in [0.15, 0.2) is 0 Å². The highest BCUT2D eigenvalue weighted by Gasteiger charge is 2.47. The quantitative estimate of drug-likeness (QED) is 0.520. The summed E-state index contributed by atoms with van der Waals surface area (Å²) in [6.45, 7) is 0. The lowest BCUT2D eigenvalue weighted by molar-refractivity contribution is 0.491. The van der Waals surface area contributed by atoms with Crippen LogP contribution in [-0.2, 0) is 0 Å². The zero-order valence-corrected chi connectivity index (χ0v) is 5.51. The molecular weight excluding hydrogens is 110 g/mol. The first-order valence-corrected chi connectivity index (χ1v) is 3.79. The third-order valence-electron chi connectivity index (χ3n) is 2.84. The zero-order chi connectivity index (χ0) is 6.27. The van der Waals surface area contributed by atoms with Crippen LogP contribution in [0.15, 0.2) is 0 Å². The van der Waals surface area contributed by atoms with E-state index in [1.54, 1.807) is 0 Å². The van der Waals surface area contributed by atoms with Crippen LogP contribution in [0.4, 0.5) is 0 Å². The normalized spacial score (nSPS) is 45.9. The second kappa shape index (κ2) is 1.73. The Morgan fingerprint density at radius 1 is 1.44 bits per heavy atom. The molecular formula is C8H11N. The van der Waals surface area contributed by atoms with Crippen molar-refractivity contribution < 1.29 is 0 Å². The van der Waals surface area contributed by atoms with Crippen molar-refractivity contribution in [3.8, 4) is 6.07 Å². The van der Waals surface area contributed by atoms with Crippen molar-refractivity contribution in [2.45, 2.75) is 25.7 Å². The Labute approximate surface area is 55.7 Å². The molecule has 2 rings (SSSR count). The molecule has 0 aromatic rings. The van der Waals surface area contributed by atoms with Crippen LogP contribution in [0.3, 0.4) is 0 Å². The van der Waals surface area contributed by atoms with E-state index in [0.29, 0.717) is 0 Å². The van der Waals surface area contributed by atoms with Crippen LogP contribution in [0.2, 0.25) is 0 Å². The maximum absolute atomic E-state index is 8.41. The molecule has 1 nitrogen and oxygen atoms in total. The summed E-state index contributed by atoms with van der Waals surface area (Å²) in [6, 6.07) is 2.27. The highest BCUT2D eigenvalue weighted by molar-refractivity contribution is 4.99. The molecule has 0 N–H and O–H groups in total. The van der Waals surface area contributed by atoms with Gasteiger partial charge in [-0.3, -0.25) is 0 Å². The Morgan fingerprint density at radius 3 is 2.78 bits per heavy atom. The van der Waals surface area contributed by atoms with Crippen molar-refractivity contribution in [3.05, 3.63) is 0 Å². The molecule has 1 heteroatoms. The van der Waals surface area contributed by atoms with Crippen molar-refractivity contribution in [3.63, 3.8) is 0 Å². The Morgan fingerprint density at radius 2 is 2.33 bits per heavy atom. The van der Waals surface area contributed by atoms with Crippen molar-refractivity contribution in [2.24, 2.45) is 17.8 Å². The van der Waals surface area contributed by atoms with Gasteiger partial charge >= 0.3 is 0 Å². The summed E-state index contributed by atoms with van der Waals surface area (Å²) in [5.74, 6) is 2.81. The summed E-state index contributed by atoms with van der Waals surface area (Å²) < 4.78 is 0. The Hall–Kier alpha value is -0.510. The number of fused-ring (bicyclic) bond motifs is 1. The lowest BCUT2D eigenvalue weighted by Crippen LogP contribution is -1.95. The fourth-order valence-corrected chi connectivity index (χ4v) is 2.19. The third kappa shape index (κ3) is 0.738. The van der Waals surface area contributed by atoms with Crippen molar-refractivity contribution in [2.75, 3.05) is 0 Å². The Balaban J connectivity index is 1.92. The maximum atomic E-state index is 8.41. The zero-order valence-electron chi connectivity index (χ0n) is 5.51. The van der Waals surface area contributed by atoms with E-state index in [-0.39, 0.29) is 0 Å². The average Bonchev–Trinajstić information content (AvgIpc) is 2.54. The summed E-state index contributed by atoms with van der Waals surface area (Å²) in [5.41, 5.74) is 0. The molecule has 0 aromatic heterocycles. The largest absolute Gasteiger partial charge is 0.198 e. The van der Waals surface area contributed by atoms with E-state index in [4.69, 9.17) is 5.26 Å². The topological polar surface area (TPSA) is 23.8 Å². The molecule has 0 heterocycles. The van der Waals surface area contributed by atoms with Gasteiger partial charge in [0.05, 0.1) is 6.07 Å². The molecule has 9 heavy (non-hydrogen) atoms. The molecule has 0 amide bonds. The highest BCUT2D eigenvalue weighted by Crippen LogP contribution is 2.56. The minimum atomic E-state index is 0.792. The molecule has 2 aliphatic carbocycles. The van der Waals surface area contributed by atoms with Gasteiger partial charge in [0.25, 0.3) is 0 Å². The first kappa shape index (κ1) is 5.29. The summed E-state index contributed by atoms with van der Waals surface area (Å²) in [6.07, 6.45) is 5.01. The predicted molar refractivity (Wildman–Crippen MR) is 34.6 cm³/mol. The van der Waals surface area contributed by atoms with Gasteiger partial charge in [0, 0.05) is 6.42 Å².